The number of methoxy groups -OCH3 is 1. The molecule has 4 rings (SSSR count). The largest absolute Gasteiger partial charge is 0.495 e. The molecule has 6 heteroatoms. The van der Waals surface area contributed by atoms with Crippen LogP contribution in [0.3, 0.4) is 0 Å². The second-order valence-electron chi connectivity index (χ2n) is 7.33. The monoisotopic (exact) mass is 391 g/mol. The Bertz CT molecular complexity index is 955. The van der Waals surface area contributed by atoms with Gasteiger partial charge in [-0.1, -0.05) is 47.6 Å². The van der Waals surface area contributed by atoms with Gasteiger partial charge >= 0.3 is 0 Å². The molecular weight excluding hydrogens is 366 g/mol. The maximum absolute atomic E-state index is 12.6. The van der Waals surface area contributed by atoms with Crippen molar-refractivity contribution in [2.24, 2.45) is 0 Å². The predicted molar refractivity (Wildman–Crippen MR) is 111 cm³/mol. The van der Waals surface area contributed by atoms with Gasteiger partial charge in [0.15, 0.2) is 0 Å². The van der Waals surface area contributed by atoms with Gasteiger partial charge in [-0.3, -0.25) is 9.69 Å². The van der Waals surface area contributed by atoms with E-state index >= 15 is 0 Å². The fourth-order valence-corrected chi connectivity index (χ4v) is 3.80. The summed E-state index contributed by atoms with van der Waals surface area (Å²) in [5.41, 5.74) is 2.75. The van der Waals surface area contributed by atoms with Crippen molar-refractivity contribution in [2.45, 2.75) is 25.3 Å². The van der Waals surface area contributed by atoms with Crippen LogP contribution in [-0.4, -0.2) is 36.2 Å². The summed E-state index contributed by atoms with van der Waals surface area (Å²) in [7, 11) is 1.57. The topological polar surface area (TPSA) is 67.6 Å². The number of carbonyl (C=O) groups excluding carboxylic acids is 1. The van der Waals surface area contributed by atoms with E-state index in [-0.39, 0.29) is 17.6 Å². The third-order valence-electron chi connectivity index (χ3n) is 5.28. The minimum atomic E-state index is -0.329. The van der Waals surface area contributed by atoms with E-state index in [0.717, 1.165) is 38.2 Å². The van der Waals surface area contributed by atoms with Crippen LogP contribution in [0, 0.1) is 0 Å². The summed E-state index contributed by atoms with van der Waals surface area (Å²) in [4.78, 5) is 15.0. The average Bonchev–Trinajstić information content (AvgIpc) is 3.26. The number of para-hydroxylation sites is 2. The van der Waals surface area contributed by atoms with Crippen LogP contribution >= 0.6 is 0 Å². The van der Waals surface area contributed by atoms with Crippen molar-refractivity contribution in [3.63, 3.8) is 0 Å². The van der Waals surface area contributed by atoms with Crippen LogP contribution < -0.4 is 10.1 Å². The molecule has 0 spiro atoms. The Morgan fingerprint density at radius 2 is 2.00 bits per heavy atom. The third-order valence-corrected chi connectivity index (χ3v) is 5.28. The van der Waals surface area contributed by atoms with Crippen molar-refractivity contribution in [2.75, 3.05) is 25.5 Å². The normalized spacial score (nSPS) is 17.1. The van der Waals surface area contributed by atoms with Gasteiger partial charge in [0.2, 0.25) is 5.76 Å². The molecule has 1 unspecified atom stereocenters. The highest BCUT2D eigenvalue weighted by Gasteiger charge is 2.25. The second-order valence-corrected chi connectivity index (χ2v) is 7.33. The molecule has 0 aliphatic carbocycles. The second kappa shape index (κ2) is 8.92. The maximum atomic E-state index is 12.6. The Hall–Kier alpha value is -3.12. The maximum Gasteiger partial charge on any atom is 0.294 e. The molecule has 0 bridgehead atoms. The molecule has 1 saturated heterocycles. The lowest BCUT2D eigenvalue weighted by Gasteiger charge is -2.31. The summed E-state index contributed by atoms with van der Waals surface area (Å²) >= 11 is 0. The molecule has 0 radical (unpaired) electrons. The lowest BCUT2D eigenvalue weighted by Crippen LogP contribution is -2.34. The molecule has 0 saturated carbocycles. The summed E-state index contributed by atoms with van der Waals surface area (Å²) in [5.74, 6) is 0.754. The van der Waals surface area contributed by atoms with E-state index in [1.54, 1.807) is 25.3 Å². The van der Waals surface area contributed by atoms with E-state index in [2.05, 4.69) is 39.6 Å². The average molecular weight is 391 g/mol. The van der Waals surface area contributed by atoms with Crippen LogP contribution in [0.15, 0.2) is 65.2 Å². The van der Waals surface area contributed by atoms with Crippen molar-refractivity contribution in [1.82, 2.24) is 10.1 Å². The molecule has 1 atom stereocenters. The van der Waals surface area contributed by atoms with E-state index in [1.165, 1.54) is 5.56 Å². The first-order valence-corrected chi connectivity index (χ1v) is 9.90. The van der Waals surface area contributed by atoms with Gasteiger partial charge in [0.25, 0.3) is 5.91 Å². The Kier molecular flexibility index (Phi) is 5.91. The summed E-state index contributed by atoms with van der Waals surface area (Å²) in [5, 5.41) is 7.02. The molecule has 2 heterocycles. The Labute approximate surface area is 170 Å². The number of aromatic nitrogens is 1. The Morgan fingerprint density at radius 3 is 2.83 bits per heavy atom. The molecule has 3 aromatic rings. The minimum absolute atomic E-state index is 0.214. The summed E-state index contributed by atoms with van der Waals surface area (Å²) in [6, 6.07) is 19.5. The number of carbonyl (C=O) groups is 1. The smallest absolute Gasteiger partial charge is 0.294 e. The summed E-state index contributed by atoms with van der Waals surface area (Å²) < 4.78 is 10.6. The molecule has 29 heavy (non-hydrogen) atoms. The van der Waals surface area contributed by atoms with E-state index in [0.29, 0.717) is 11.4 Å². The van der Waals surface area contributed by atoms with Gasteiger partial charge in [-0.2, -0.15) is 0 Å². The van der Waals surface area contributed by atoms with Gasteiger partial charge < -0.3 is 14.6 Å². The van der Waals surface area contributed by atoms with Crippen molar-refractivity contribution in [1.29, 1.82) is 0 Å². The van der Waals surface area contributed by atoms with Gasteiger partial charge in [0, 0.05) is 25.1 Å². The number of hydrogen-bond acceptors (Lipinski definition) is 5. The molecule has 6 nitrogen and oxygen atoms in total. The van der Waals surface area contributed by atoms with Gasteiger partial charge in [-0.05, 0) is 37.1 Å². The number of benzene rings is 2. The highest BCUT2D eigenvalue weighted by molar-refractivity contribution is 6.03. The van der Waals surface area contributed by atoms with Crippen LogP contribution in [0.4, 0.5) is 5.69 Å². The number of anilines is 1. The molecule has 150 valence electrons. The predicted octanol–water partition coefficient (Wildman–Crippen LogP) is 4.32. The number of piperidine rings is 1. The molecule has 1 aliphatic heterocycles. The van der Waals surface area contributed by atoms with Gasteiger partial charge in [-0.15, -0.1) is 0 Å². The van der Waals surface area contributed by atoms with Crippen molar-refractivity contribution in [3.8, 4) is 5.75 Å². The van der Waals surface area contributed by atoms with E-state index in [1.807, 2.05) is 18.2 Å². The minimum Gasteiger partial charge on any atom is -0.495 e. The Morgan fingerprint density at radius 1 is 1.21 bits per heavy atom. The quantitative estimate of drug-likeness (QED) is 0.678. The summed E-state index contributed by atoms with van der Waals surface area (Å²) in [6.45, 7) is 2.91. The standard InChI is InChI=1S/C23H25N3O3/c1-28-21-12-6-5-11-19(21)24-23(27)22-14-20(25-29-22)18-10-7-13-26(16-18)15-17-8-3-2-4-9-17/h2-6,8-9,11-12,14,18H,7,10,13,15-16H2,1H3,(H,24,27). The molecular formula is C23H25N3O3. The third kappa shape index (κ3) is 4.66. The first-order chi connectivity index (χ1) is 14.2. The van der Waals surface area contributed by atoms with E-state index < -0.39 is 0 Å². The lowest BCUT2D eigenvalue weighted by molar-refractivity contribution is 0.0987. The zero-order valence-corrected chi connectivity index (χ0v) is 16.5. The first-order valence-electron chi connectivity index (χ1n) is 9.90. The number of amides is 1. The highest BCUT2D eigenvalue weighted by atomic mass is 16.5. The van der Waals surface area contributed by atoms with Gasteiger partial charge in [0.05, 0.1) is 18.5 Å². The molecule has 1 N–H and O–H groups in total. The number of likely N-dealkylation sites (tertiary alicyclic amines) is 1. The number of rotatable bonds is 6. The van der Waals surface area contributed by atoms with Gasteiger partial charge in [-0.25, -0.2) is 0 Å². The van der Waals surface area contributed by atoms with Crippen LogP contribution in [0.5, 0.6) is 5.75 Å². The molecule has 2 aromatic carbocycles. The van der Waals surface area contributed by atoms with Gasteiger partial charge in [0.1, 0.15) is 5.75 Å². The number of nitrogens with zero attached hydrogens (tertiary/aromatic N) is 2. The zero-order valence-electron chi connectivity index (χ0n) is 16.5. The van der Waals surface area contributed by atoms with Crippen LogP contribution in [-0.2, 0) is 6.54 Å². The number of nitrogens with one attached hydrogen (secondary N) is 1. The number of hydrogen-bond donors (Lipinski definition) is 1. The SMILES string of the molecule is COc1ccccc1NC(=O)c1cc(C2CCCN(Cc3ccccc3)C2)no1. The van der Waals surface area contributed by atoms with Crippen LogP contribution in [0.2, 0.25) is 0 Å². The molecule has 1 amide bonds. The van der Waals surface area contributed by atoms with Crippen molar-refractivity contribution < 1.29 is 14.1 Å². The number of ether oxygens (including phenoxy) is 1. The van der Waals surface area contributed by atoms with E-state index in [9.17, 15) is 4.79 Å². The fourth-order valence-electron chi connectivity index (χ4n) is 3.80. The lowest BCUT2D eigenvalue weighted by atomic mass is 9.94. The molecule has 1 fully saturated rings. The van der Waals surface area contributed by atoms with Crippen LogP contribution in [0.1, 0.15) is 40.6 Å². The van der Waals surface area contributed by atoms with Crippen LogP contribution in [0.25, 0.3) is 0 Å². The summed E-state index contributed by atoms with van der Waals surface area (Å²) in [6.07, 6.45) is 2.15. The van der Waals surface area contributed by atoms with E-state index in [4.69, 9.17) is 9.26 Å². The highest BCUT2D eigenvalue weighted by Crippen LogP contribution is 2.28. The Balaban J connectivity index is 1.41. The fraction of sp³-hybridized carbons (Fsp3) is 0.304. The molecule has 1 aromatic heterocycles. The zero-order chi connectivity index (χ0) is 20.1. The first kappa shape index (κ1) is 19.2. The molecule has 1 aliphatic rings. The van der Waals surface area contributed by atoms with Crippen molar-refractivity contribution >= 4 is 11.6 Å². The van der Waals surface area contributed by atoms with Crippen molar-refractivity contribution in [3.05, 3.63) is 77.7 Å².